The van der Waals surface area contributed by atoms with Gasteiger partial charge in [0.2, 0.25) is 0 Å². The van der Waals surface area contributed by atoms with Crippen LogP contribution in [0.3, 0.4) is 0 Å². The van der Waals surface area contributed by atoms with E-state index >= 15 is 0 Å². The minimum Gasteiger partial charge on any atom is -0.468 e. The molecule has 102 valence electrons. The molecular formula is C10H16N2O4S2. The number of methoxy groups -OCH3 is 2. The van der Waals surface area contributed by atoms with Crippen molar-refractivity contribution >= 4 is 35.5 Å². The van der Waals surface area contributed by atoms with Crippen molar-refractivity contribution in [3.8, 4) is 0 Å². The van der Waals surface area contributed by atoms with Crippen LogP contribution in [0.4, 0.5) is 0 Å². The summed E-state index contributed by atoms with van der Waals surface area (Å²) >= 11 is 3.33. The topological polar surface area (TPSA) is 59.1 Å². The summed E-state index contributed by atoms with van der Waals surface area (Å²) in [7, 11) is 2.78. The lowest BCUT2D eigenvalue weighted by Gasteiger charge is -2.33. The van der Waals surface area contributed by atoms with Crippen LogP contribution in [0.2, 0.25) is 0 Å². The minimum absolute atomic E-state index is 0.250. The second-order valence-corrected chi connectivity index (χ2v) is 5.96. The van der Waals surface area contributed by atoms with E-state index in [4.69, 9.17) is 9.47 Å². The minimum atomic E-state index is -0.300. The van der Waals surface area contributed by atoms with E-state index in [1.54, 1.807) is 23.5 Å². The first-order valence-electron chi connectivity index (χ1n) is 5.53. The Hall–Kier alpha value is -0.440. The standard InChI is InChI=1S/C10H16N2O4S2/c1-15-9(13)7-3-17-5-11(7)12-6-18-4-8(12)10(14)16-2/h7-8H,3-6H2,1-2H3/t7-,8-/m0/s1. The van der Waals surface area contributed by atoms with Crippen molar-refractivity contribution in [1.29, 1.82) is 0 Å². The van der Waals surface area contributed by atoms with E-state index in [-0.39, 0.29) is 24.0 Å². The molecule has 0 aromatic carbocycles. The van der Waals surface area contributed by atoms with Gasteiger partial charge in [0.1, 0.15) is 12.1 Å². The maximum atomic E-state index is 11.7. The fourth-order valence-corrected chi connectivity index (χ4v) is 4.33. The Bertz CT molecular complexity index is 310. The monoisotopic (exact) mass is 292 g/mol. The zero-order valence-electron chi connectivity index (χ0n) is 10.3. The van der Waals surface area contributed by atoms with Gasteiger partial charge in [-0.1, -0.05) is 0 Å². The van der Waals surface area contributed by atoms with Gasteiger partial charge in [-0.15, -0.1) is 23.5 Å². The molecule has 0 amide bonds. The van der Waals surface area contributed by atoms with Gasteiger partial charge in [0.05, 0.1) is 26.0 Å². The van der Waals surface area contributed by atoms with E-state index < -0.39 is 0 Å². The molecule has 18 heavy (non-hydrogen) atoms. The SMILES string of the molecule is COC(=O)[C@@H]1CSCN1N1CSC[C@H]1C(=O)OC. The summed E-state index contributed by atoms with van der Waals surface area (Å²) in [6.45, 7) is 0. The Balaban J connectivity index is 2.09. The van der Waals surface area contributed by atoms with Crippen molar-refractivity contribution in [3.63, 3.8) is 0 Å². The molecule has 2 heterocycles. The molecule has 0 saturated carbocycles. The predicted molar refractivity (Wildman–Crippen MR) is 69.9 cm³/mol. The molecule has 0 radical (unpaired) electrons. The van der Waals surface area contributed by atoms with E-state index in [0.717, 1.165) is 0 Å². The van der Waals surface area contributed by atoms with E-state index in [0.29, 0.717) is 23.3 Å². The second kappa shape index (κ2) is 6.14. The molecular weight excluding hydrogens is 276 g/mol. The maximum absolute atomic E-state index is 11.7. The average Bonchev–Trinajstić information content (AvgIpc) is 3.04. The molecule has 0 aliphatic carbocycles. The van der Waals surface area contributed by atoms with Crippen LogP contribution in [0, 0.1) is 0 Å². The predicted octanol–water partition coefficient (Wildman–Crippen LogP) is -0.00280. The summed E-state index contributed by atoms with van der Waals surface area (Å²) < 4.78 is 9.60. The van der Waals surface area contributed by atoms with Gasteiger partial charge in [0, 0.05) is 11.5 Å². The van der Waals surface area contributed by atoms with Crippen molar-refractivity contribution < 1.29 is 19.1 Å². The number of ether oxygens (including phenoxy) is 2. The quantitative estimate of drug-likeness (QED) is 0.674. The Morgan fingerprint density at radius 2 is 1.33 bits per heavy atom. The first-order valence-corrected chi connectivity index (χ1v) is 7.84. The molecule has 0 unspecified atom stereocenters. The highest BCUT2D eigenvalue weighted by Gasteiger charge is 2.43. The summed E-state index contributed by atoms with van der Waals surface area (Å²) in [5.74, 6) is 2.30. The van der Waals surface area contributed by atoms with Crippen molar-refractivity contribution in [3.05, 3.63) is 0 Å². The van der Waals surface area contributed by atoms with Crippen LogP contribution in [0.1, 0.15) is 0 Å². The van der Waals surface area contributed by atoms with Crippen LogP contribution in [0.5, 0.6) is 0 Å². The second-order valence-electron chi connectivity index (χ2n) is 3.96. The van der Waals surface area contributed by atoms with Crippen molar-refractivity contribution in [2.45, 2.75) is 12.1 Å². The van der Waals surface area contributed by atoms with E-state index in [1.807, 2.05) is 10.0 Å². The zero-order valence-corrected chi connectivity index (χ0v) is 12.0. The van der Waals surface area contributed by atoms with Gasteiger partial charge >= 0.3 is 11.9 Å². The van der Waals surface area contributed by atoms with Gasteiger partial charge in [0.25, 0.3) is 0 Å². The molecule has 2 aliphatic rings. The lowest BCUT2D eigenvalue weighted by atomic mass is 10.3. The zero-order chi connectivity index (χ0) is 13.1. The molecule has 2 fully saturated rings. The molecule has 0 aromatic rings. The molecule has 2 aliphatic heterocycles. The van der Waals surface area contributed by atoms with Gasteiger partial charge in [-0.3, -0.25) is 9.59 Å². The van der Waals surface area contributed by atoms with Crippen LogP contribution in [-0.2, 0) is 19.1 Å². The summed E-state index contributed by atoms with van der Waals surface area (Å²) in [6.07, 6.45) is 0. The van der Waals surface area contributed by atoms with E-state index in [2.05, 4.69) is 0 Å². The van der Waals surface area contributed by atoms with Gasteiger partial charge in [-0.25, -0.2) is 10.0 Å². The Kier molecular flexibility index (Phi) is 4.77. The third-order valence-electron chi connectivity index (χ3n) is 2.99. The summed E-state index contributed by atoms with van der Waals surface area (Å²) in [5, 5.41) is 3.86. The van der Waals surface area contributed by atoms with Crippen LogP contribution in [0.25, 0.3) is 0 Å². The molecule has 6 nitrogen and oxygen atoms in total. The molecule has 8 heteroatoms. The normalized spacial score (nSPS) is 29.4. The Morgan fingerprint density at radius 3 is 1.67 bits per heavy atom. The van der Waals surface area contributed by atoms with Crippen molar-refractivity contribution in [1.82, 2.24) is 10.0 Å². The highest BCUT2D eigenvalue weighted by molar-refractivity contribution is 7.99. The van der Waals surface area contributed by atoms with Gasteiger partial charge in [0.15, 0.2) is 0 Å². The first kappa shape index (κ1) is 14.0. The number of hydrogen-bond donors (Lipinski definition) is 0. The molecule has 0 N–H and O–H groups in total. The maximum Gasteiger partial charge on any atom is 0.325 e. The van der Waals surface area contributed by atoms with Crippen LogP contribution < -0.4 is 0 Å². The number of thioether (sulfide) groups is 2. The fraction of sp³-hybridized carbons (Fsp3) is 0.800. The largest absolute Gasteiger partial charge is 0.468 e. The number of nitrogens with zero attached hydrogens (tertiary/aromatic N) is 2. The third-order valence-corrected chi connectivity index (χ3v) is 4.99. The van der Waals surface area contributed by atoms with Gasteiger partial charge < -0.3 is 9.47 Å². The smallest absolute Gasteiger partial charge is 0.325 e. The summed E-state index contributed by atoms with van der Waals surface area (Å²) in [6, 6.07) is -0.600. The average molecular weight is 292 g/mol. The molecule has 2 atom stereocenters. The number of rotatable bonds is 3. The third kappa shape index (κ3) is 2.61. The number of esters is 2. The first-order chi connectivity index (χ1) is 8.69. The highest BCUT2D eigenvalue weighted by atomic mass is 32.2. The van der Waals surface area contributed by atoms with Crippen LogP contribution in [0.15, 0.2) is 0 Å². The molecule has 2 saturated heterocycles. The fourth-order valence-electron chi connectivity index (χ4n) is 2.03. The lowest BCUT2D eigenvalue weighted by Crippen LogP contribution is -2.54. The Morgan fingerprint density at radius 1 is 0.944 bits per heavy atom. The molecule has 0 spiro atoms. The summed E-state index contributed by atoms with van der Waals surface area (Å²) in [4.78, 5) is 23.4. The number of carbonyl (C=O) groups is 2. The van der Waals surface area contributed by atoms with Crippen molar-refractivity contribution in [2.24, 2.45) is 0 Å². The van der Waals surface area contributed by atoms with Gasteiger partial charge in [-0.05, 0) is 0 Å². The number of hydrazine groups is 1. The van der Waals surface area contributed by atoms with Crippen LogP contribution in [-0.4, -0.2) is 71.5 Å². The molecule has 0 bridgehead atoms. The van der Waals surface area contributed by atoms with E-state index in [1.165, 1.54) is 14.2 Å². The van der Waals surface area contributed by atoms with Crippen LogP contribution >= 0.6 is 23.5 Å². The number of carbonyl (C=O) groups excluding carboxylic acids is 2. The van der Waals surface area contributed by atoms with Crippen molar-refractivity contribution in [2.75, 3.05) is 37.5 Å². The highest BCUT2D eigenvalue weighted by Crippen LogP contribution is 2.31. The molecule has 2 rings (SSSR count). The van der Waals surface area contributed by atoms with Gasteiger partial charge in [-0.2, -0.15) is 0 Å². The molecule has 0 aromatic heterocycles. The van der Waals surface area contributed by atoms with E-state index in [9.17, 15) is 9.59 Å². The summed E-state index contributed by atoms with van der Waals surface area (Å²) in [5.41, 5.74) is 0. The lowest BCUT2D eigenvalue weighted by molar-refractivity contribution is -0.162. The Labute approximate surface area is 114 Å². The number of hydrogen-bond acceptors (Lipinski definition) is 8.